The van der Waals surface area contributed by atoms with Crippen LogP contribution in [0.1, 0.15) is 18.9 Å². The molecule has 13 heavy (non-hydrogen) atoms. The third-order valence-electron chi connectivity index (χ3n) is 2.35. The van der Waals surface area contributed by atoms with E-state index in [0.29, 0.717) is 0 Å². The van der Waals surface area contributed by atoms with E-state index in [2.05, 4.69) is 49.4 Å². The first-order valence-electron chi connectivity index (χ1n) is 4.78. The fourth-order valence-electron chi connectivity index (χ4n) is 1.59. The summed E-state index contributed by atoms with van der Waals surface area (Å²) >= 11 is 0. The lowest BCUT2D eigenvalue weighted by Crippen LogP contribution is -2.02. The predicted molar refractivity (Wildman–Crippen MR) is 57.3 cm³/mol. The van der Waals surface area contributed by atoms with Crippen LogP contribution in [0.3, 0.4) is 0 Å². The Labute approximate surface area is 79.6 Å². The van der Waals surface area contributed by atoms with Gasteiger partial charge in [-0.15, -0.1) is 0 Å². The second kappa shape index (κ2) is 3.61. The van der Waals surface area contributed by atoms with E-state index in [1.165, 1.54) is 17.6 Å². The first-order valence-corrected chi connectivity index (χ1v) is 4.78. The molecule has 1 aliphatic rings. The predicted octanol–water partition coefficient (Wildman–Crippen LogP) is 3.67. The van der Waals surface area contributed by atoms with Crippen LogP contribution in [0.4, 0.5) is 0 Å². The number of allylic oxidation sites excluding steroid dienone is 3. The van der Waals surface area contributed by atoms with Gasteiger partial charge in [-0.2, -0.15) is 0 Å². The van der Waals surface area contributed by atoms with Gasteiger partial charge in [0.1, 0.15) is 0 Å². The van der Waals surface area contributed by atoms with E-state index in [9.17, 15) is 0 Å². The van der Waals surface area contributed by atoms with Gasteiger partial charge in [0, 0.05) is 0 Å². The molecule has 2 rings (SSSR count). The summed E-state index contributed by atoms with van der Waals surface area (Å²) in [6, 6.07) is 10.4. The van der Waals surface area contributed by atoms with E-state index in [1.54, 1.807) is 0 Å². The van der Waals surface area contributed by atoms with Gasteiger partial charge < -0.3 is 0 Å². The van der Waals surface area contributed by atoms with Crippen LogP contribution in [-0.2, 0) is 0 Å². The van der Waals surface area contributed by atoms with Crippen LogP contribution >= 0.6 is 0 Å². The molecule has 0 saturated carbocycles. The van der Waals surface area contributed by atoms with Crippen LogP contribution in [0.2, 0.25) is 0 Å². The third-order valence-corrected chi connectivity index (χ3v) is 2.35. The van der Waals surface area contributed by atoms with Crippen LogP contribution in [0.5, 0.6) is 0 Å². The molecule has 0 fully saturated rings. The fourth-order valence-corrected chi connectivity index (χ4v) is 1.59. The minimum atomic E-state index is 0.787. The van der Waals surface area contributed by atoms with Crippen LogP contribution in [-0.4, -0.2) is 0 Å². The smallest absolute Gasteiger partial charge is 0.0216 e. The Morgan fingerprint density at radius 1 is 1.15 bits per heavy atom. The number of hydrogen-bond donors (Lipinski definition) is 0. The minimum absolute atomic E-state index is 0.787. The average molecular weight is 170 g/mol. The van der Waals surface area contributed by atoms with Gasteiger partial charge in [-0.05, 0) is 17.9 Å². The Morgan fingerprint density at radius 3 is 2.46 bits per heavy atom. The standard InChI is InChI=1S/C13H14/c1-11-9-13(10-11)8-7-12-5-3-2-4-6-12/h2-9,11H,10H2,1H3. The zero-order valence-corrected chi connectivity index (χ0v) is 7.90. The van der Waals surface area contributed by atoms with Crippen molar-refractivity contribution in [3.63, 3.8) is 0 Å². The van der Waals surface area contributed by atoms with Gasteiger partial charge in [0.2, 0.25) is 0 Å². The zero-order chi connectivity index (χ0) is 9.10. The second-order valence-electron chi connectivity index (χ2n) is 3.67. The summed E-state index contributed by atoms with van der Waals surface area (Å²) in [7, 11) is 0. The van der Waals surface area contributed by atoms with E-state index >= 15 is 0 Å². The molecule has 0 aromatic heterocycles. The van der Waals surface area contributed by atoms with Crippen molar-refractivity contribution in [1.82, 2.24) is 0 Å². The van der Waals surface area contributed by atoms with Gasteiger partial charge in [0.25, 0.3) is 0 Å². The molecule has 0 heteroatoms. The molecular weight excluding hydrogens is 156 g/mol. The normalized spacial score (nSPS) is 21.3. The van der Waals surface area contributed by atoms with Crippen molar-refractivity contribution in [3.8, 4) is 0 Å². The lowest BCUT2D eigenvalue weighted by Gasteiger charge is -2.18. The highest BCUT2D eigenvalue weighted by Gasteiger charge is 2.10. The second-order valence-corrected chi connectivity index (χ2v) is 3.67. The molecule has 1 atom stereocenters. The Balaban J connectivity index is 2.03. The molecule has 0 saturated heterocycles. The molecule has 0 radical (unpaired) electrons. The molecule has 0 heterocycles. The van der Waals surface area contributed by atoms with Crippen LogP contribution in [0.25, 0.3) is 6.08 Å². The molecule has 0 nitrogen and oxygen atoms in total. The summed E-state index contributed by atoms with van der Waals surface area (Å²) in [5.74, 6) is 0.787. The van der Waals surface area contributed by atoms with Gasteiger partial charge in [-0.1, -0.05) is 61.1 Å². The lowest BCUT2D eigenvalue weighted by atomic mass is 9.88. The Hall–Kier alpha value is -1.30. The Bertz CT molecular complexity index is 330. The molecule has 1 aromatic carbocycles. The maximum atomic E-state index is 2.32. The van der Waals surface area contributed by atoms with Crippen molar-refractivity contribution in [1.29, 1.82) is 0 Å². The summed E-state index contributed by atoms with van der Waals surface area (Å²) in [4.78, 5) is 0. The average Bonchev–Trinajstić information content (AvgIpc) is 2.12. The molecule has 0 spiro atoms. The first kappa shape index (κ1) is 8.31. The maximum absolute atomic E-state index is 2.32. The highest BCUT2D eigenvalue weighted by Crippen LogP contribution is 2.26. The van der Waals surface area contributed by atoms with Crippen molar-refractivity contribution < 1.29 is 0 Å². The van der Waals surface area contributed by atoms with Crippen molar-refractivity contribution >= 4 is 6.08 Å². The summed E-state index contributed by atoms with van der Waals surface area (Å²) in [6.07, 6.45) is 7.95. The first-order chi connectivity index (χ1) is 6.34. The van der Waals surface area contributed by atoms with Crippen molar-refractivity contribution in [2.45, 2.75) is 13.3 Å². The molecule has 0 N–H and O–H groups in total. The van der Waals surface area contributed by atoms with E-state index in [0.717, 1.165) is 5.92 Å². The van der Waals surface area contributed by atoms with Crippen molar-refractivity contribution in [2.24, 2.45) is 5.92 Å². The van der Waals surface area contributed by atoms with Crippen LogP contribution < -0.4 is 0 Å². The molecule has 1 aliphatic carbocycles. The van der Waals surface area contributed by atoms with Gasteiger partial charge in [-0.25, -0.2) is 0 Å². The number of rotatable bonds is 2. The third kappa shape index (κ3) is 2.09. The Morgan fingerprint density at radius 2 is 1.85 bits per heavy atom. The van der Waals surface area contributed by atoms with Crippen LogP contribution in [0.15, 0.2) is 48.1 Å². The van der Waals surface area contributed by atoms with Crippen LogP contribution in [0, 0.1) is 5.92 Å². The molecule has 1 unspecified atom stereocenters. The van der Waals surface area contributed by atoms with Crippen molar-refractivity contribution in [3.05, 3.63) is 53.6 Å². The highest BCUT2D eigenvalue weighted by molar-refractivity contribution is 5.53. The van der Waals surface area contributed by atoms with Gasteiger partial charge in [0.15, 0.2) is 0 Å². The van der Waals surface area contributed by atoms with Gasteiger partial charge in [-0.3, -0.25) is 0 Å². The largest absolute Gasteiger partial charge is 0.0781 e. The Kier molecular flexibility index (Phi) is 2.31. The summed E-state index contributed by atoms with van der Waals surface area (Å²) in [5.41, 5.74) is 2.75. The molecular formula is C13H14. The zero-order valence-electron chi connectivity index (χ0n) is 7.90. The maximum Gasteiger partial charge on any atom is -0.0216 e. The lowest BCUT2D eigenvalue weighted by molar-refractivity contribution is 0.654. The number of hydrogen-bond acceptors (Lipinski definition) is 0. The molecule has 66 valence electrons. The number of benzene rings is 1. The topological polar surface area (TPSA) is 0 Å². The van der Waals surface area contributed by atoms with E-state index in [-0.39, 0.29) is 0 Å². The highest BCUT2D eigenvalue weighted by atomic mass is 14.2. The van der Waals surface area contributed by atoms with E-state index in [4.69, 9.17) is 0 Å². The SMILES string of the molecule is CC1C=C(C=Cc2ccccc2)C1. The molecule has 0 bridgehead atoms. The summed E-state index contributed by atoms with van der Waals surface area (Å²) < 4.78 is 0. The quantitative estimate of drug-likeness (QED) is 0.635. The van der Waals surface area contributed by atoms with E-state index in [1.807, 2.05) is 6.07 Å². The van der Waals surface area contributed by atoms with Crippen molar-refractivity contribution in [2.75, 3.05) is 0 Å². The summed E-state index contributed by atoms with van der Waals surface area (Å²) in [5, 5.41) is 0. The van der Waals surface area contributed by atoms with Gasteiger partial charge in [0.05, 0.1) is 0 Å². The monoisotopic (exact) mass is 170 g/mol. The fraction of sp³-hybridized carbons (Fsp3) is 0.231. The van der Waals surface area contributed by atoms with E-state index < -0.39 is 0 Å². The van der Waals surface area contributed by atoms with Gasteiger partial charge >= 0.3 is 0 Å². The summed E-state index contributed by atoms with van der Waals surface area (Å²) in [6.45, 7) is 2.25. The molecule has 1 aromatic rings. The molecule has 0 amide bonds. The molecule has 0 aliphatic heterocycles. The minimum Gasteiger partial charge on any atom is -0.0781 e.